The Morgan fingerprint density at radius 2 is 1.78 bits per heavy atom. The van der Waals surface area contributed by atoms with Crippen LogP contribution in [0.4, 0.5) is 0 Å². The zero-order valence-electron chi connectivity index (χ0n) is 16.2. The molecule has 6 heteroatoms. The Balaban J connectivity index is 1.61. The maximum Gasteiger partial charge on any atom is 0.242 e. The highest BCUT2D eigenvalue weighted by Crippen LogP contribution is 2.30. The third-order valence-corrected chi connectivity index (χ3v) is 6.73. The van der Waals surface area contributed by atoms with Crippen molar-refractivity contribution in [3.63, 3.8) is 0 Å². The van der Waals surface area contributed by atoms with Crippen molar-refractivity contribution in [1.82, 2.24) is 9.62 Å². The second kappa shape index (κ2) is 8.42. The number of rotatable bonds is 9. The minimum atomic E-state index is -3.39. The van der Waals surface area contributed by atoms with E-state index in [4.69, 9.17) is 4.74 Å². The van der Waals surface area contributed by atoms with Crippen molar-refractivity contribution >= 4 is 10.0 Å². The van der Waals surface area contributed by atoms with Gasteiger partial charge in [0, 0.05) is 32.2 Å². The molecule has 1 atom stereocenters. The van der Waals surface area contributed by atoms with Crippen LogP contribution in [0.1, 0.15) is 36.9 Å². The van der Waals surface area contributed by atoms with Gasteiger partial charge in [-0.25, -0.2) is 12.7 Å². The first-order valence-electron chi connectivity index (χ1n) is 9.34. The zero-order chi connectivity index (χ0) is 19.4. The molecule has 0 aromatic heterocycles. The molecule has 1 saturated carbocycles. The van der Waals surface area contributed by atoms with Crippen LogP contribution in [-0.2, 0) is 16.6 Å². The van der Waals surface area contributed by atoms with Gasteiger partial charge in [0.15, 0.2) is 0 Å². The van der Waals surface area contributed by atoms with Gasteiger partial charge in [-0.05, 0) is 49.4 Å². The van der Waals surface area contributed by atoms with Crippen LogP contribution in [-0.4, -0.2) is 33.4 Å². The number of hydrogen-bond donors (Lipinski definition) is 1. The summed E-state index contributed by atoms with van der Waals surface area (Å²) >= 11 is 0. The molecule has 1 fully saturated rings. The molecule has 0 aliphatic heterocycles. The van der Waals surface area contributed by atoms with Crippen LogP contribution < -0.4 is 10.1 Å². The quantitative estimate of drug-likeness (QED) is 0.713. The van der Waals surface area contributed by atoms with E-state index in [-0.39, 0.29) is 6.04 Å². The molecular weight excluding hydrogens is 360 g/mol. The van der Waals surface area contributed by atoms with E-state index < -0.39 is 10.0 Å². The molecule has 1 N–H and O–H groups in total. The molecule has 27 heavy (non-hydrogen) atoms. The molecule has 0 amide bonds. The van der Waals surface area contributed by atoms with E-state index in [1.807, 2.05) is 30.3 Å². The SMILES string of the molecule is CC(NCc1ccccc1OCC1CC1)c1ccc(S(=O)(=O)N(C)C)cc1. The van der Waals surface area contributed by atoms with Crippen LogP contribution in [0.15, 0.2) is 53.4 Å². The van der Waals surface area contributed by atoms with Gasteiger partial charge >= 0.3 is 0 Å². The number of sulfonamides is 1. The average molecular weight is 389 g/mol. The molecular formula is C21H28N2O3S. The fourth-order valence-electron chi connectivity index (χ4n) is 2.80. The number of nitrogens with one attached hydrogen (secondary N) is 1. The molecule has 1 aliphatic rings. The summed E-state index contributed by atoms with van der Waals surface area (Å²) in [6, 6.07) is 15.3. The van der Waals surface area contributed by atoms with Gasteiger partial charge in [0.05, 0.1) is 11.5 Å². The maximum absolute atomic E-state index is 12.2. The van der Waals surface area contributed by atoms with Crippen LogP contribution in [0.25, 0.3) is 0 Å². The Kier molecular flexibility index (Phi) is 6.19. The highest BCUT2D eigenvalue weighted by atomic mass is 32.2. The monoisotopic (exact) mass is 388 g/mol. The molecule has 146 valence electrons. The molecule has 0 heterocycles. The number of nitrogens with zero attached hydrogens (tertiary/aromatic N) is 1. The normalized spacial score (nSPS) is 15.7. The lowest BCUT2D eigenvalue weighted by molar-refractivity contribution is 0.295. The number of ether oxygens (including phenoxy) is 1. The van der Waals surface area contributed by atoms with E-state index in [0.29, 0.717) is 11.4 Å². The lowest BCUT2D eigenvalue weighted by atomic mass is 10.1. The topological polar surface area (TPSA) is 58.6 Å². The van der Waals surface area contributed by atoms with Crippen molar-refractivity contribution in [2.75, 3.05) is 20.7 Å². The highest BCUT2D eigenvalue weighted by Gasteiger charge is 2.22. The summed E-state index contributed by atoms with van der Waals surface area (Å²) in [5.74, 6) is 1.67. The Morgan fingerprint density at radius 3 is 2.41 bits per heavy atom. The Labute approximate surface area is 162 Å². The van der Waals surface area contributed by atoms with E-state index in [9.17, 15) is 8.42 Å². The Hall–Kier alpha value is -1.89. The molecule has 0 bridgehead atoms. The van der Waals surface area contributed by atoms with E-state index in [1.165, 1.54) is 31.2 Å². The fourth-order valence-corrected chi connectivity index (χ4v) is 3.70. The summed E-state index contributed by atoms with van der Waals surface area (Å²) in [7, 11) is -0.316. The molecule has 0 spiro atoms. The Bertz CT molecular complexity index is 859. The second-order valence-corrected chi connectivity index (χ2v) is 9.47. The summed E-state index contributed by atoms with van der Waals surface area (Å²) in [4.78, 5) is 0.308. The van der Waals surface area contributed by atoms with E-state index in [2.05, 4.69) is 18.3 Å². The third kappa shape index (κ3) is 5.09. The summed E-state index contributed by atoms with van der Waals surface area (Å²) < 4.78 is 31.5. The van der Waals surface area contributed by atoms with Gasteiger partial charge in [0.1, 0.15) is 5.75 Å². The van der Waals surface area contributed by atoms with E-state index in [1.54, 1.807) is 12.1 Å². The largest absolute Gasteiger partial charge is 0.493 e. The minimum Gasteiger partial charge on any atom is -0.493 e. The lowest BCUT2D eigenvalue weighted by Gasteiger charge is -2.17. The standard InChI is InChI=1S/C21H28N2O3S/c1-16(18-10-12-20(13-11-18)27(24,25)23(2)3)22-14-19-6-4-5-7-21(19)26-15-17-8-9-17/h4-7,10-13,16-17,22H,8-9,14-15H2,1-3H3. The first-order chi connectivity index (χ1) is 12.9. The molecule has 2 aromatic rings. The predicted molar refractivity (Wildman–Crippen MR) is 107 cm³/mol. The molecule has 1 unspecified atom stereocenters. The first-order valence-corrected chi connectivity index (χ1v) is 10.8. The lowest BCUT2D eigenvalue weighted by Crippen LogP contribution is -2.22. The summed E-state index contributed by atoms with van der Waals surface area (Å²) in [5.41, 5.74) is 2.18. The van der Waals surface area contributed by atoms with Crippen molar-refractivity contribution in [1.29, 1.82) is 0 Å². The summed E-state index contributed by atoms with van der Waals surface area (Å²) in [6.45, 7) is 3.57. The van der Waals surface area contributed by atoms with E-state index in [0.717, 1.165) is 29.4 Å². The van der Waals surface area contributed by atoms with Crippen LogP contribution in [0.2, 0.25) is 0 Å². The molecule has 3 rings (SSSR count). The van der Waals surface area contributed by atoms with Crippen molar-refractivity contribution in [3.8, 4) is 5.75 Å². The molecule has 1 aliphatic carbocycles. The predicted octanol–water partition coefficient (Wildman–Crippen LogP) is 3.58. The molecule has 2 aromatic carbocycles. The van der Waals surface area contributed by atoms with Crippen molar-refractivity contribution in [2.45, 2.75) is 37.2 Å². The third-order valence-electron chi connectivity index (χ3n) is 4.90. The fraction of sp³-hybridized carbons (Fsp3) is 0.429. The second-order valence-electron chi connectivity index (χ2n) is 7.32. The van der Waals surface area contributed by atoms with Gasteiger partial charge in [-0.2, -0.15) is 0 Å². The smallest absolute Gasteiger partial charge is 0.242 e. The molecule has 0 saturated heterocycles. The van der Waals surface area contributed by atoms with Gasteiger partial charge in [-0.1, -0.05) is 30.3 Å². The number of benzene rings is 2. The minimum absolute atomic E-state index is 0.0950. The van der Waals surface area contributed by atoms with Gasteiger partial charge < -0.3 is 10.1 Å². The van der Waals surface area contributed by atoms with Gasteiger partial charge in [-0.15, -0.1) is 0 Å². The summed E-state index contributed by atoms with van der Waals surface area (Å²) in [5, 5.41) is 3.50. The first kappa shape index (κ1) is 19.9. The van der Waals surface area contributed by atoms with Crippen molar-refractivity contribution < 1.29 is 13.2 Å². The van der Waals surface area contributed by atoms with Crippen molar-refractivity contribution in [2.24, 2.45) is 5.92 Å². The van der Waals surface area contributed by atoms with Crippen LogP contribution in [0.3, 0.4) is 0 Å². The van der Waals surface area contributed by atoms with Crippen molar-refractivity contribution in [3.05, 3.63) is 59.7 Å². The van der Waals surface area contributed by atoms with Crippen LogP contribution in [0.5, 0.6) is 5.75 Å². The van der Waals surface area contributed by atoms with Crippen LogP contribution in [0, 0.1) is 5.92 Å². The van der Waals surface area contributed by atoms with Gasteiger partial charge in [-0.3, -0.25) is 0 Å². The average Bonchev–Trinajstić information content (AvgIpc) is 3.49. The maximum atomic E-state index is 12.2. The Morgan fingerprint density at radius 1 is 1.11 bits per heavy atom. The molecule has 0 radical (unpaired) electrons. The summed E-state index contributed by atoms with van der Waals surface area (Å²) in [6.07, 6.45) is 2.55. The van der Waals surface area contributed by atoms with Gasteiger partial charge in [0.2, 0.25) is 10.0 Å². The van der Waals surface area contributed by atoms with Gasteiger partial charge in [0.25, 0.3) is 0 Å². The number of para-hydroxylation sites is 1. The number of hydrogen-bond acceptors (Lipinski definition) is 4. The molecule has 5 nitrogen and oxygen atoms in total. The zero-order valence-corrected chi connectivity index (χ0v) is 17.0. The van der Waals surface area contributed by atoms with E-state index >= 15 is 0 Å². The van der Waals surface area contributed by atoms with Crippen LogP contribution >= 0.6 is 0 Å². The highest BCUT2D eigenvalue weighted by molar-refractivity contribution is 7.89.